The van der Waals surface area contributed by atoms with E-state index in [0.717, 1.165) is 22.6 Å². The maximum atomic E-state index is 11.8. The molecule has 0 saturated carbocycles. The summed E-state index contributed by atoms with van der Waals surface area (Å²) in [4.78, 5) is 11.8. The number of hydrogen-bond acceptors (Lipinski definition) is 4. The molecule has 0 unspecified atom stereocenters. The molecular weight excluding hydrogens is 292 g/mol. The SMILES string of the molecule is COc1ccc(COC(=O)[CH]c2ccc(OC(C)C)cc2)cc1. The van der Waals surface area contributed by atoms with Crippen molar-refractivity contribution in [1.29, 1.82) is 0 Å². The average molecular weight is 313 g/mol. The van der Waals surface area contributed by atoms with Crippen LogP contribution in [0.25, 0.3) is 0 Å². The average Bonchev–Trinajstić information content (AvgIpc) is 2.55. The van der Waals surface area contributed by atoms with Crippen molar-refractivity contribution in [2.45, 2.75) is 26.6 Å². The second-order valence-electron chi connectivity index (χ2n) is 5.34. The molecule has 0 saturated heterocycles. The van der Waals surface area contributed by atoms with E-state index in [1.807, 2.05) is 62.4 Å². The summed E-state index contributed by atoms with van der Waals surface area (Å²) in [7, 11) is 1.61. The third-order valence-corrected chi connectivity index (χ3v) is 3.08. The van der Waals surface area contributed by atoms with Gasteiger partial charge in [-0.3, -0.25) is 4.79 Å². The molecule has 1 radical (unpaired) electrons. The van der Waals surface area contributed by atoms with Crippen LogP contribution < -0.4 is 9.47 Å². The summed E-state index contributed by atoms with van der Waals surface area (Å²) in [5, 5.41) is 0. The lowest BCUT2D eigenvalue weighted by Crippen LogP contribution is -2.07. The Bertz CT molecular complexity index is 615. The summed E-state index contributed by atoms with van der Waals surface area (Å²) in [5.74, 6) is 1.18. The van der Waals surface area contributed by atoms with Crippen LogP contribution in [0, 0.1) is 6.42 Å². The van der Waals surface area contributed by atoms with Crippen molar-refractivity contribution < 1.29 is 19.0 Å². The predicted octanol–water partition coefficient (Wildman–Crippen LogP) is 3.78. The lowest BCUT2D eigenvalue weighted by Gasteiger charge is -2.10. The molecule has 0 fully saturated rings. The maximum Gasteiger partial charge on any atom is 0.314 e. The molecule has 2 rings (SSSR count). The molecule has 121 valence electrons. The zero-order valence-corrected chi connectivity index (χ0v) is 13.6. The van der Waals surface area contributed by atoms with Crippen molar-refractivity contribution >= 4 is 5.97 Å². The Morgan fingerprint density at radius 1 is 1.00 bits per heavy atom. The van der Waals surface area contributed by atoms with Crippen LogP contribution >= 0.6 is 0 Å². The monoisotopic (exact) mass is 313 g/mol. The van der Waals surface area contributed by atoms with Crippen LogP contribution in [0.15, 0.2) is 48.5 Å². The van der Waals surface area contributed by atoms with E-state index in [4.69, 9.17) is 14.2 Å². The smallest absolute Gasteiger partial charge is 0.314 e. The third-order valence-electron chi connectivity index (χ3n) is 3.08. The van der Waals surface area contributed by atoms with E-state index in [0.29, 0.717) is 0 Å². The summed E-state index contributed by atoms with van der Waals surface area (Å²) in [6.07, 6.45) is 1.59. The van der Waals surface area contributed by atoms with Crippen LogP contribution in [-0.2, 0) is 16.1 Å². The van der Waals surface area contributed by atoms with Crippen LogP contribution in [-0.4, -0.2) is 19.2 Å². The van der Waals surface area contributed by atoms with Gasteiger partial charge in [0.05, 0.1) is 19.6 Å². The summed E-state index contributed by atoms with van der Waals surface area (Å²) in [5.41, 5.74) is 1.69. The number of benzene rings is 2. The molecule has 0 aliphatic rings. The van der Waals surface area contributed by atoms with E-state index in [9.17, 15) is 4.79 Å². The van der Waals surface area contributed by atoms with Gasteiger partial charge in [-0.05, 0) is 49.2 Å². The maximum absolute atomic E-state index is 11.8. The molecule has 0 aliphatic carbocycles. The Hall–Kier alpha value is -2.49. The molecule has 0 bridgehead atoms. The summed E-state index contributed by atoms with van der Waals surface area (Å²) < 4.78 is 15.9. The first kappa shape index (κ1) is 16.9. The van der Waals surface area contributed by atoms with Crippen LogP contribution in [0.3, 0.4) is 0 Å². The molecule has 0 aromatic heterocycles. The fourth-order valence-electron chi connectivity index (χ4n) is 1.97. The van der Waals surface area contributed by atoms with E-state index < -0.39 is 0 Å². The van der Waals surface area contributed by atoms with Gasteiger partial charge in [-0.15, -0.1) is 0 Å². The summed E-state index contributed by atoms with van der Waals surface area (Å²) >= 11 is 0. The van der Waals surface area contributed by atoms with Gasteiger partial charge >= 0.3 is 5.97 Å². The normalized spacial score (nSPS) is 10.4. The van der Waals surface area contributed by atoms with Crippen molar-refractivity contribution in [3.8, 4) is 11.5 Å². The Balaban J connectivity index is 1.81. The predicted molar refractivity (Wildman–Crippen MR) is 88.4 cm³/mol. The van der Waals surface area contributed by atoms with Gasteiger partial charge < -0.3 is 14.2 Å². The molecule has 0 spiro atoms. The van der Waals surface area contributed by atoms with Gasteiger partial charge in [-0.1, -0.05) is 24.3 Å². The number of methoxy groups -OCH3 is 1. The highest BCUT2D eigenvalue weighted by molar-refractivity contribution is 5.83. The number of ether oxygens (including phenoxy) is 3. The highest BCUT2D eigenvalue weighted by atomic mass is 16.5. The molecule has 0 aliphatic heterocycles. The van der Waals surface area contributed by atoms with Crippen LogP contribution in [0.4, 0.5) is 0 Å². The number of carbonyl (C=O) groups is 1. The molecule has 23 heavy (non-hydrogen) atoms. The van der Waals surface area contributed by atoms with Gasteiger partial charge in [0.2, 0.25) is 0 Å². The Morgan fingerprint density at radius 3 is 2.17 bits per heavy atom. The largest absolute Gasteiger partial charge is 0.497 e. The number of carbonyl (C=O) groups excluding carboxylic acids is 1. The van der Waals surface area contributed by atoms with Gasteiger partial charge in [-0.2, -0.15) is 0 Å². The standard InChI is InChI=1S/C19H21O4/c1-14(2)23-18-10-4-15(5-11-18)12-19(20)22-13-16-6-8-17(21-3)9-7-16/h4-12,14H,13H2,1-3H3. The first-order valence-electron chi connectivity index (χ1n) is 7.48. The van der Waals surface area contributed by atoms with Crippen LogP contribution in [0.2, 0.25) is 0 Å². The van der Waals surface area contributed by atoms with Crippen molar-refractivity contribution in [3.63, 3.8) is 0 Å². The van der Waals surface area contributed by atoms with Gasteiger partial charge in [0.25, 0.3) is 0 Å². The minimum atomic E-state index is -0.377. The van der Waals surface area contributed by atoms with E-state index >= 15 is 0 Å². The molecule has 0 amide bonds. The van der Waals surface area contributed by atoms with Crippen molar-refractivity contribution in [2.24, 2.45) is 0 Å². The molecule has 2 aromatic rings. The number of esters is 1. The molecular formula is C19H21O4. The molecule has 0 N–H and O–H groups in total. The van der Waals surface area contributed by atoms with Crippen molar-refractivity contribution in [2.75, 3.05) is 7.11 Å². The molecule has 0 atom stereocenters. The fourth-order valence-corrected chi connectivity index (χ4v) is 1.97. The second-order valence-corrected chi connectivity index (χ2v) is 5.34. The van der Waals surface area contributed by atoms with Gasteiger partial charge in [0, 0.05) is 0 Å². The molecule has 4 heteroatoms. The van der Waals surface area contributed by atoms with Gasteiger partial charge in [0.15, 0.2) is 0 Å². The Kier molecular flexibility index (Phi) is 6.03. The summed E-state index contributed by atoms with van der Waals surface area (Å²) in [6, 6.07) is 14.7. The highest BCUT2D eigenvalue weighted by Crippen LogP contribution is 2.16. The van der Waals surface area contributed by atoms with E-state index in [1.165, 1.54) is 6.42 Å². The molecule has 4 nitrogen and oxygen atoms in total. The van der Waals surface area contributed by atoms with Crippen LogP contribution in [0.5, 0.6) is 11.5 Å². The van der Waals surface area contributed by atoms with E-state index in [-0.39, 0.29) is 18.7 Å². The van der Waals surface area contributed by atoms with E-state index in [1.54, 1.807) is 7.11 Å². The van der Waals surface area contributed by atoms with E-state index in [2.05, 4.69) is 0 Å². The minimum Gasteiger partial charge on any atom is -0.497 e. The third kappa shape index (κ3) is 5.66. The Labute approximate surface area is 137 Å². The number of hydrogen-bond donors (Lipinski definition) is 0. The summed E-state index contributed by atoms with van der Waals surface area (Å²) in [6.45, 7) is 4.17. The van der Waals surface area contributed by atoms with Crippen molar-refractivity contribution in [1.82, 2.24) is 0 Å². The fraction of sp³-hybridized carbons (Fsp3) is 0.263. The first-order chi connectivity index (χ1) is 11.1. The lowest BCUT2D eigenvalue weighted by atomic mass is 10.1. The molecule has 2 aromatic carbocycles. The molecule has 0 heterocycles. The second kappa shape index (κ2) is 8.22. The first-order valence-corrected chi connectivity index (χ1v) is 7.48. The quantitative estimate of drug-likeness (QED) is 0.730. The van der Waals surface area contributed by atoms with Crippen molar-refractivity contribution in [3.05, 3.63) is 66.1 Å². The zero-order chi connectivity index (χ0) is 16.7. The van der Waals surface area contributed by atoms with Gasteiger partial charge in [-0.25, -0.2) is 0 Å². The number of rotatable bonds is 7. The van der Waals surface area contributed by atoms with Crippen LogP contribution in [0.1, 0.15) is 25.0 Å². The highest BCUT2D eigenvalue weighted by Gasteiger charge is 2.07. The topological polar surface area (TPSA) is 44.8 Å². The van der Waals surface area contributed by atoms with Gasteiger partial charge in [0.1, 0.15) is 18.1 Å². The minimum absolute atomic E-state index is 0.124. The lowest BCUT2D eigenvalue weighted by molar-refractivity contribution is -0.140. The zero-order valence-electron chi connectivity index (χ0n) is 13.6. The Morgan fingerprint density at radius 2 is 1.61 bits per heavy atom.